The van der Waals surface area contributed by atoms with Crippen LogP contribution in [0.2, 0.25) is 0 Å². The molecule has 0 aromatic heterocycles. The summed E-state index contributed by atoms with van der Waals surface area (Å²) in [4.78, 5) is 31.9. The Morgan fingerprint density at radius 2 is 1.15 bits per heavy atom. The van der Waals surface area contributed by atoms with E-state index in [9.17, 15) is 9.59 Å². The maximum atomic E-state index is 14.4. The van der Waals surface area contributed by atoms with E-state index in [2.05, 4.69) is 24.3 Å². The van der Waals surface area contributed by atoms with Gasteiger partial charge in [-0.1, -0.05) is 121 Å². The second kappa shape index (κ2) is 11.1. The third kappa shape index (κ3) is 4.61. The highest BCUT2D eigenvalue weighted by molar-refractivity contribution is 5.95. The van der Waals surface area contributed by atoms with Gasteiger partial charge in [-0.3, -0.25) is 9.59 Å². The highest BCUT2D eigenvalue weighted by Gasteiger charge is 2.48. The van der Waals surface area contributed by atoms with Gasteiger partial charge in [0.15, 0.2) is 0 Å². The van der Waals surface area contributed by atoms with Crippen LogP contribution < -0.4 is 0 Å². The van der Waals surface area contributed by atoms with Crippen molar-refractivity contribution in [3.63, 3.8) is 0 Å². The van der Waals surface area contributed by atoms with Crippen LogP contribution in [0.3, 0.4) is 0 Å². The fourth-order valence-electron chi connectivity index (χ4n) is 6.44. The Balaban J connectivity index is 1.29. The molecular weight excluding hydrogens is 496 g/mol. The zero-order chi connectivity index (χ0) is 27.4. The van der Waals surface area contributed by atoms with E-state index in [1.54, 1.807) is 4.90 Å². The summed E-state index contributed by atoms with van der Waals surface area (Å²) < 4.78 is 6.50. The number of likely N-dealkylation sites (tertiary alicyclic amines) is 1. The van der Waals surface area contributed by atoms with Crippen LogP contribution in [-0.2, 0) is 25.3 Å². The van der Waals surface area contributed by atoms with E-state index in [1.807, 2.05) is 102 Å². The molecule has 4 aromatic rings. The molecule has 0 spiro atoms. The quantitative estimate of drug-likeness (QED) is 0.336. The highest BCUT2D eigenvalue weighted by Crippen LogP contribution is 2.42. The molecule has 0 radical (unpaired) electrons. The van der Waals surface area contributed by atoms with E-state index < -0.39 is 11.0 Å². The number of ether oxygens (including phenoxy) is 1. The molecule has 2 fully saturated rings. The Kier molecular flexibility index (Phi) is 7.23. The number of amides is 2. The smallest absolute Gasteiger partial charge is 0.242 e. The van der Waals surface area contributed by atoms with Crippen molar-refractivity contribution in [3.05, 3.63) is 144 Å². The minimum atomic E-state index is -0.802. The number of benzene rings is 4. The van der Waals surface area contributed by atoms with Gasteiger partial charge in [-0.2, -0.15) is 0 Å². The average molecular weight is 531 g/mol. The molecule has 4 aromatic carbocycles. The SMILES string of the molecule is O=C(CN1CCCC(c2ccccc2)(c2ccccc2)C1=O)N1CCOC(c2ccccc2)(c2ccccc2)C1. The van der Waals surface area contributed by atoms with Crippen molar-refractivity contribution >= 4 is 11.8 Å². The summed E-state index contributed by atoms with van der Waals surface area (Å²) in [6.07, 6.45) is 1.54. The molecule has 0 aliphatic carbocycles. The molecule has 202 valence electrons. The van der Waals surface area contributed by atoms with E-state index in [0.717, 1.165) is 28.7 Å². The molecule has 0 N–H and O–H groups in total. The predicted molar refractivity (Wildman–Crippen MR) is 156 cm³/mol. The van der Waals surface area contributed by atoms with Crippen molar-refractivity contribution < 1.29 is 14.3 Å². The monoisotopic (exact) mass is 530 g/mol. The van der Waals surface area contributed by atoms with Gasteiger partial charge in [0.2, 0.25) is 11.8 Å². The predicted octanol–water partition coefficient (Wildman–Crippen LogP) is 5.40. The Labute approximate surface area is 236 Å². The standard InChI is InChI=1S/C35H34N2O3/c38-32(37-24-25-40-35(27-37,30-18-9-3-10-19-30)31-20-11-4-12-21-31)26-36-23-13-22-34(33(36)39,28-14-5-1-6-15-28)29-16-7-2-8-17-29/h1-12,14-21H,13,22-27H2. The van der Waals surface area contributed by atoms with Crippen LogP contribution in [0.25, 0.3) is 0 Å². The molecule has 2 amide bonds. The number of piperidine rings is 1. The number of carbonyl (C=O) groups excluding carboxylic acids is 2. The lowest BCUT2D eigenvalue weighted by Gasteiger charge is -2.45. The van der Waals surface area contributed by atoms with Crippen molar-refractivity contribution in [3.8, 4) is 0 Å². The summed E-state index contributed by atoms with van der Waals surface area (Å²) in [5.74, 6) is -0.0556. The van der Waals surface area contributed by atoms with Crippen molar-refractivity contribution in [2.45, 2.75) is 23.9 Å². The van der Waals surface area contributed by atoms with Gasteiger partial charge in [0, 0.05) is 13.1 Å². The first-order valence-corrected chi connectivity index (χ1v) is 14.1. The van der Waals surface area contributed by atoms with Gasteiger partial charge in [-0.05, 0) is 35.1 Å². The summed E-state index contributed by atoms with van der Waals surface area (Å²) in [5, 5.41) is 0. The molecule has 2 saturated heterocycles. The Bertz CT molecular complexity index is 1360. The van der Waals surface area contributed by atoms with Crippen LogP contribution in [0.4, 0.5) is 0 Å². The molecule has 5 heteroatoms. The molecule has 2 aliphatic rings. The second-order valence-corrected chi connectivity index (χ2v) is 10.7. The zero-order valence-corrected chi connectivity index (χ0v) is 22.6. The van der Waals surface area contributed by atoms with E-state index in [-0.39, 0.29) is 18.4 Å². The van der Waals surface area contributed by atoms with Crippen molar-refractivity contribution in [1.82, 2.24) is 9.80 Å². The molecular formula is C35H34N2O3. The summed E-state index contributed by atoms with van der Waals surface area (Å²) in [5.41, 5.74) is 2.41. The van der Waals surface area contributed by atoms with Crippen LogP contribution in [0.15, 0.2) is 121 Å². The first-order valence-electron chi connectivity index (χ1n) is 14.1. The number of hydrogen-bond acceptors (Lipinski definition) is 3. The summed E-state index contributed by atoms with van der Waals surface area (Å²) in [6.45, 7) is 1.93. The molecule has 0 saturated carbocycles. The van der Waals surface area contributed by atoms with Gasteiger partial charge in [0.05, 0.1) is 25.1 Å². The van der Waals surface area contributed by atoms with Crippen LogP contribution in [-0.4, -0.2) is 54.4 Å². The number of carbonyl (C=O) groups is 2. The lowest BCUT2D eigenvalue weighted by molar-refractivity contribution is -0.153. The summed E-state index contributed by atoms with van der Waals surface area (Å²) in [7, 11) is 0. The van der Waals surface area contributed by atoms with Gasteiger partial charge in [0.25, 0.3) is 0 Å². The zero-order valence-electron chi connectivity index (χ0n) is 22.6. The molecule has 0 unspecified atom stereocenters. The minimum Gasteiger partial charge on any atom is -0.362 e. The van der Waals surface area contributed by atoms with Crippen LogP contribution in [0.1, 0.15) is 35.1 Å². The number of morpholine rings is 1. The first kappa shape index (κ1) is 26.0. The van der Waals surface area contributed by atoms with Gasteiger partial charge in [-0.15, -0.1) is 0 Å². The molecule has 6 rings (SSSR count). The van der Waals surface area contributed by atoms with Crippen molar-refractivity contribution in [1.29, 1.82) is 0 Å². The molecule has 2 heterocycles. The Hall–Kier alpha value is -4.22. The minimum absolute atomic E-state index is 0.00450. The van der Waals surface area contributed by atoms with Gasteiger partial charge < -0.3 is 14.5 Å². The normalized spacial score (nSPS) is 18.4. The van der Waals surface area contributed by atoms with E-state index in [1.165, 1.54) is 0 Å². The highest BCUT2D eigenvalue weighted by atomic mass is 16.5. The number of hydrogen-bond donors (Lipinski definition) is 0. The van der Waals surface area contributed by atoms with Gasteiger partial charge in [-0.25, -0.2) is 0 Å². The maximum absolute atomic E-state index is 14.4. The fraction of sp³-hybridized carbons (Fsp3) is 0.257. The average Bonchev–Trinajstić information content (AvgIpc) is 3.04. The lowest BCUT2D eigenvalue weighted by atomic mass is 9.68. The van der Waals surface area contributed by atoms with Crippen LogP contribution >= 0.6 is 0 Å². The third-order valence-corrected chi connectivity index (χ3v) is 8.45. The van der Waals surface area contributed by atoms with Crippen molar-refractivity contribution in [2.75, 3.05) is 32.8 Å². The first-order chi connectivity index (χ1) is 19.6. The lowest BCUT2D eigenvalue weighted by Crippen LogP contribution is -2.57. The largest absolute Gasteiger partial charge is 0.362 e. The third-order valence-electron chi connectivity index (χ3n) is 8.45. The molecule has 2 aliphatic heterocycles. The fourth-order valence-corrected chi connectivity index (χ4v) is 6.44. The molecule has 5 nitrogen and oxygen atoms in total. The summed E-state index contributed by atoms with van der Waals surface area (Å²) in [6, 6.07) is 40.2. The molecule has 0 atom stereocenters. The summed E-state index contributed by atoms with van der Waals surface area (Å²) >= 11 is 0. The second-order valence-electron chi connectivity index (χ2n) is 10.7. The maximum Gasteiger partial charge on any atom is 0.242 e. The van der Waals surface area contributed by atoms with Gasteiger partial charge in [0.1, 0.15) is 5.60 Å². The van der Waals surface area contributed by atoms with Crippen LogP contribution in [0, 0.1) is 0 Å². The van der Waals surface area contributed by atoms with Crippen molar-refractivity contribution in [2.24, 2.45) is 0 Å². The van der Waals surface area contributed by atoms with Gasteiger partial charge >= 0.3 is 0 Å². The number of nitrogens with zero attached hydrogens (tertiary/aromatic N) is 2. The van der Waals surface area contributed by atoms with E-state index in [4.69, 9.17) is 4.74 Å². The Morgan fingerprint density at radius 1 is 0.675 bits per heavy atom. The Morgan fingerprint density at radius 3 is 1.65 bits per heavy atom. The topological polar surface area (TPSA) is 49.9 Å². The van der Waals surface area contributed by atoms with Crippen LogP contribution in [0.5, 0.6) is 0 Å². The number of rotatable bonds is 6. The molecule has 40 heavy (non-hydrogen) atoms. The van der Waals surface area contributed by atoms with E-state index in [0.29, 0.717) is 32.7 Å². The molecule has 0 bridgehead atoms. The van der Waals surface area contributed by atoms with E-state index >= 15 is 0 Å².